The van der Waals surface area contributed by atoms with Gasteiger partial charge in [0.25, 0.3) is 0 Å². The number of hydrogen-bond donors (Lipinski definition) is 2. The third-order valence-electron chi connectivity index (χ3n) is 4.03. The van der Waals surface area contributed by atoms with E-state index in [1.807, 2.05) is 55.5 Å². The molecule has 5 nitrogen and oxygen atoms in total. The van der Waals surface area contributed by atoms with Gasteiger partial charge in [0.05, 0.1) is 0 Å². The molecule has 0 aliphatic rings. The summed E-state index contributed by atoms with van der Waals surface area (Å²) in [4.78, 5) is 12.0. The highest BCUT2D eigenvalue weighted by Gasteiger charge is 2.08. The molecule has 0 saturated heterocycles. The molecule has 2 N–H and O–H groups in total. The molecule has 144 valence electrons. The van der Waals surface area contributed by atoms with Crippen LogP contribution in [0.25, 0.3) is 6.08 Å². The molecule has 0 spiro atoms. The van der Waals surface area contributed by atoms with E-state index in [-0.39, 0.29) is 18.9 Å². The van der Waals surface area contributed by atoms with Crippen LogP contribution in [0.1, 0.15) is 42.9 Å². The van der Waals surface area contributed by atoms with E-state index in [0.29, 0.717) is 11.6 Å². The Labute approximate surface area is 161 Å². The number of rotatable bonds is 8. The molecule has 0 aliphatic heterocycles. The lowest BCUT2D eigenvalue weighted by molar-refractivity contribution is -0.116. The average Bonchev–Trinajstić information content (AvgIpc) is 2.61. The zero-order valence-corrected chi connectivity index (χ0v) is 16.7. The highest BCUT2D eigenvalue weighted by Crippen LogP contribution is 2.17. The lowest BCUT2D eigenvalue weighted by Gasteiger charge is -2.08. The van der Waals surface area contributed by atoms with Gasteiger partial charge < -0.3 is 5.32 Å². The van der Waals surface area contributed by atoms with E-state index in [9.17, 15) is 13.2 Å². The number of carbonyl (C=O) groups is 1. The molecule has 27 heavy (non-hydrogen) atoms. The normalized spacial score (nSPS) is 11.9. The largest absolute Gasteiger partial charge is 0.326 e. The van der Waals surface area contributed by atoms with Gasteiger partial charge in [-0.25, -0.2) is 13.1 Å². The van der Waals surface area contributed by atoms with Crippen LogP contribution in [-0.2, 0) is 14.8 Å². The number of sulfonamides is 1. The average molecular weight is 387 g/mol. The molecule has 0 bridgehead atoms. The Morgan fingerprint density at radius 3 is 2.26 bits per heavy atom. The van der Waals surface area contributed by atoms with Gasteiger partial charge in [0.2, 0.25) is 15.9 Å². The van der Waals surface area contributed by atoms with Crippen LogP contribution in [-0.4, -0.2) is 20.9 Å². The van der Waals surface area contributed by atoms with Crippen molar-refractivity contribution in [2.24, 2.45) is 0 Å². The lowest BCUT2D eigenvalue weighted by atomic mass is 10.0. The van der Waals surface area contributed by atoms with Crippen molar-refractivity contribution in [3.63, 3.8) is 0 Å². The van der Waals surface area contributed by atoms with E-state index in [4.69, 9.17) is 0 Å². The predicted octanol–water partition coefficient (Wildman–Crippen LogP) is 4.04. The number of benzene rings is 2. The van der Waals surface area contributed by atoms with Crippen molar-refractivity contribution >= 4 is 27.7 Å². The van der Waals surface area contributed by atoms with E-state index in [0.717, 1.165) is 16.5 Å². The smallest absolute Gasteiger partial charge is 0.233 e. The van der Waals surface area contributed by atoms with E-state index >= 15 is 0 Å². The number of nitrogens with one attached hydrogen (secondary N) is 2. The first-order valence-corrected chi connectivity index (χ1v) is 10.4. The topological polar surface area (TPSA) is 75.3 Å². The van der Waals surface area contributed by atoms with E-state index in [2.05, 4.69) is 23.9 Å². The van der Waals surface area contributed by atoms with Crippen molar-refractivity contribution in [3.05, 3.63) is 70.6 Å². The Bertz CT molecular complexity index is 884. The molecule has 0 heterocycles. The molecular formula is C21H26N2O3S. The first kappa shape index (κ1) is 20.9. The first-order chi connectivity index (χ1) is 12.7. The highest BCUT2D eigenvalue weighted by molar-refractivity contribution is 7.92. The second-order valence-corrected chi connectivity index (χ2v) is 8.38. The van der Waals surface area contributed by atoms with Crippen LogP contribution in [0.15, 0.2) is 53.9 Å². The van der Waals surface area contributed by atoms with Gasteiger partial charge in [0.15, 0.2) is 0 Å². The number of anilines is 1. The van der Waals surface area contributed by atoms with Crippen molar-refractivity contribution in [3.8, 4) is 0 Å². The minimum absolute atomic E-state index is 0.0382. The SMILES string of the molecule is Cc1ccc(/C=C/S(=O)(=O)NCCC(=O)Nc2ccc(C(C)C)cc2)cc1. The maximum atomic E-state index is 12.0. The lowest BCUT2D eigenvalue weighted by Crippen LogP contribution is -2.26. The first-order valence-electron chi connectivity index (χ1n) is 8.89. The van der Waals surface area contributed by atoms with Crippen LogP contribution in [0.3, 0.4) is 0 Å². The number of hydrogen-bond acceptors (Lipinski definition) is 3. The quantitative estimate of drug-likeness (QED) is 0.719. The van der Waals surface area contributed by atoms with Gasteiger partial charge in [0.1, 0.15) is 0 Å². The molecule has 2 aromatic carbocycles. The number of aryl methyl sites for hydroxylation is 1. The number of carbonyl (C=O) groups excluding carboxylic acids is 1. The molecule has 0 radical (unpaired) electrons. The third kappa shape index (κ3) is 7.37. The maximum Gasteiger partial charge on any atom is 0.233 e. The van der Waals surface area contributed by atoms with Gasteiger partial charge in [0, 0.05) is 24.1 Å². The summed E-state index contributed by atoms with van der Waals surface area (Å²) in [6.45, 7) is 6.21. The van der Waals surface area contributed by atoms with Gasteiger partial charge in [-0.05, 0) is 42.2 Å². The Morgan fingerprint density at radius 2 is 1.67 bits per heavy atom. The van der Waals surface area contributed by atoms with Crippen molar-refractivity contribution in [1.29, 1.82) is 0 Å². The maximum absolute atomic E-state index is 12.0. The summed E-state index contributed by atoms with van der Waals surface area (Å²) in [5.74, 6) is 0.189. The van der Waals surface area contributed by atoms with Crippen LogP contribution in [0.4, 0.5) is 5.69 Å². The van der Waals surface area contributed by atoms with Crippen molar-refractivity contribution in [1.82, 2.24) is 4.72 Å². The summed E-state index contributed by atoms with van der Waals surface area (Å²) in [6.07, 6.45) is 1.58. The standard InChI is InChI=1S/C21H26N2O3S/c1-16(2)19-8-10-20(11-9-19)23-21(24)12-14-22-27(25,26)15-13-18-6-4-17(3)5-7-18/h4-11,13,15-16,22H,12,14H2,1-3H3,(H,23,24)/b15-13+. The minimum Gasteiger partial charge on any atom is -0.326 e. The van der Waals surface area contributed by atoms with Crippen LogP contribution in [0.2, 0.25) is 0 Å². The van der Waals surface area contributed by atoms with E-state index in [1.54, 1.807) is 0 Å². The Balaban J connectivity index is 1.80. The fourth-order valence-corrected chi connectivity index (χ4v) is 3.19. The molecule has 0 atom stereocenters. The second kappa shape index (κ2) is 9.48. The Kier molecular flexibility index (Phi) is 7.33. The summed E-state index contributed by atoms with van der Waals surface area (Å²) in [5, 5.41) is 3.88. The Morgan fingerprint density at radius 1 is 1.04 bits per heavy atom. The van der Waals surface area contributed by atoms with Crippen LogP contribution >= 0.6 is 0 Å². The summed E-state index contributed by atoms with van der Waals surface area (Å²) in [7, 11) is -3.58. The van der Waals surface area contributed by atoms with Crippen molar-refractivity contribution < 1.29 is 13.2 Å². The molecule has 0 saturated carbocycles. The monoisotopic (exact) mass is 386 g/mol. The number of amides is 1. The third-order valence-corrected chi connectivity index (χ3v) is 5.13. The molecule has 2 rings (SSSR count). The van der Waals surface area contributed by atoms with E-state index in [1.165, 1.54) is 11.6 Å². The minimum atomic E-state index is -3.58. The van der Waals surface area contributed by atoms with Gasteiger partial charge in [-0.1, -0.05) is 55.8 Å². The van der Waals surface area contributed by atoms with Crippen LogP contribution in [0.5, 0.6) is 0 Å². The molecule has 0 aliphatic carbocycles. The summed E-state index contributed by atoms with van der Waals surface area (Å²) in [6, 6.07) is 15.2. The predicted molar refractivity (Wildman–Crippen MR) is 111 cm³/mol. The van der Waals surface area contributed by atoms with Gasteiger partial charge in [-0.2, -0.15) is 0 Å². The molecular weight excluding hydrogens is 360 g/mol. The Hall–Kier alpha value is -2.44. The van der Waals surface area contributed by atoms with Crippen molar-refractivity contribution in [2.45, 2.75) is 33.1 Å². The summed E-state index contributed by atoms with van der Waals surface area (Å²) < 4.78 is 26.4. The molecule has 2 aromatic rings. The van der Waals surface area contributed by atoms with Crippen LogP contribution in [0, 0.1) is 6.92 Å². The molecule has 0 unspecified atom stereocenters. The van der Waals surface area contributed by atoms with Gasteiger partial charge >= 0.3 is 0 Å². The zero-order chi connectivity index (χ0) is 19.9. The fourth-order valence-electron chi connectivity index (χ4n) is 2.38. The van der Waals surface area contributed by atoms with Gasteiger partial charge in [-0.15, -0.1) is 0 Å². The summed E-state index contributed by atoms with van der Waals surface area (Å²) >= 11 is 0. The van der Waals surface area contributed by atoms with E-state index < -0.39 is 10.0 Å². The zero-order valence-electron chi connectivity index (χ0n) is 15.9. The van der Waals surface area contributed by atoms with Gasteiger partial charge in [-0.3, -0.25) is 4.79 Å². The molecule has 0 fully saturated rings. The molecule has 6 heteroatoms. The molecule has 0 aromatic heterocycles. The molecule has 1 amide bonds. The second-order valence-electron chi connectivity index (χ2n) is 6.73. The van der Waals surface area contributed by atoms with Crippen LogP contribution < -0.4 is 10.0 Å². The van der Waals surface area contributed by atoms with Crippen molar-refractivity contribution in [2.75, 3.05) is 11.9 Å². The fraction of sp³-hybridized carbons (Fsp3) is 0.286. The summed E-state index contributed by atoms with van der Waals surface area (Å²) in [5.41, 5.74) is 3.80. The highest BCUT2D eigenvalue weighted by atomic mass is 32.2.